The van der Waals surface area contributed by atoms with Crippen LogP contribution in [0.1, 0.15) is 42.4 Å². The molecule has 2 aromatic carbocycles. The molecule has 1 heterocycles. The third-order valence-electron chi connectivity index (χ3n) is 8.72. The average Bonchev–Trinajstić information content (AvgIpc) is 3.58. The van der Waals surface area contributed by atoms with Crippen LogP contribution in [0.5, 0.6) is 0 Å². The Morgan fingerprint density at radius 2 is 1.46 bits per heavy atom. The van der Waals surface area contributed by atoms with Gasteiger partial charge >= 0.3 is 0 Å². The predicted octanol–water partition coefficient (Wildman–Crippen LogP) is 8.39. The molecule has 0 saturated heterocycles. The summed E-state index contributed by atoms with van der Waals surface area (Å²) in [6.07, 6.45) is 37.9. The van der Waals surface area contributed by atoms with Crippen molar-refractivity contribution in [3.8, 4) is 0 Å². The minimum absolute atomic E-state index is 0.381. The molecule has 2 atom stereocenters. The summed E-state index contributed by atoms with van der Waals surface area (Å²) in [6.45, 7) is 0. The standard InChI is InChI=1S/C40H35N/c1-2-4-20-39(38-23-11-13-29-12-5-6-19-35(29)38)40-22-8-7-21-37(40)36(18-3-1)33-17-10-15-31(27-33)30-14-9-16-32(26-30)34-24-25-41-28-34/h1-8,10-15,17,19,21-29,35,41H,9,16,18,20H2/b3-1-,4-2-,37-36+,40-39+. The van der Waals surface area contributed by atoms with Crippen LogP contribution in [0.2, 0.25) is 0 Å². The van der Waals surface area contributed by atoms with Gasteiger partial charge in [-0.2, -0.15) is 0 Å². The van der Waals surface area contributed by atoms with Crippen LogP contribution in [0.3, 0.4) is 0 Å². The summed E-state index contributed by atoms with van der Waals surface area (Å²) in [4.78, 5) is 3.21. The van der Waals surface area contributed by atoms with Crippen molar-refractivity contribution in [3.63, 3.8) is 0 Å². The highest BCUT2D eigenvalue weighted by molar-refractivity contribution is 5.87. The lowest BCUT2D eigenvalue weighted by Crippen LogP contribution is -2.31. The zero-order valence-electron chi connectivity index (χ0n) is 23.3. The average molecular weight is 530 g/mol. The molecule has 1 aromatic heterocycles. The smallest absolute Gasteiger partial charge is 0.0122 e. The van der Waals surface area contributed by atoms with Gasteiger partial charge in [-0.15, -0.1) is 0 Å². The highest BCUT2D eigenvalue weighted by Gasteiger charge is 2.25. The van der Waals surface area contributed by atoms with Crippen LogP contribution in [-0.2, 0) is 0 Å². The normalized spacial score (nSPS) is 25.8. The molecule has 0 aliphatic heterocycles. The first-order chi connectivity index (χ1) is 20.3. The third-order valence-corrected chi connectivity index (χ3v) is 8.72. The molecule has 0 radical (unpaired) electrons. The first kappa shape index (κ1) is 25.4. The molecular weight excluding hydrogens is 494 g/mol. The SMILES string of the molecule is C1=CC2C=CC=C(/C3=c4\cccc\c4=C(/c4cccc(C5=CCCC(c6cc[nH]c6)=C5)c4)C/C=C\C=C/C3)C2C=C1. The second-order valence-electron chi connectivity index (χ2n) is 11.2. The van der Waals surface area contributed by atoms with E-state index in [1.807, 2.05) is 6.20 Å². The number of aromatic amines is 1. The Labute approximate surface area is 243 Å². The van der Waals surface area contributed by atoms with Gasteiger partial charge in [0.2, 0.25) is 0 Å². The lowest BCUT2D eigenvalue weighted by Gasteiger charge is -2.29. The number of allylic oxidation sites excluding steroid dienone is 16. The van der Waals surface area contributed by atoms with Gasteiger partial charge in [-0.1, -0.05) is 121 Å². The van der Waals surface area contributed by atoms with E-state index in [1.54, 1.807) is 0 Å². The number of H-pyrrole nitrogens is 1. The van der Waals surface area contributed by atoms with Crippen LogP contribution in [0.25, 0.3) is 22.3 Å². The Balaban J connectivity index is 1.40. The van der Waals surface area contributed by atoms with Gasteiger partial charge in [0.1, 0.15) is 0 Å². The lowest BCUT2D eigenvalue weighted by atomic mass is 9.75. The Bertz CT molecular complexity index is 1830. The van der Waals surface area contributed by atoms with Gasteiger partial charge < -0.3 is 4.98 Å². The Kier molecular flexibility index (Phi) is 7.09. The molecule has 4 aliphatic carbocycles. The Hall–Kier alpha value is -4.62. The van der Waals surface area contributed by atoms with Crippen LogP contribution in [0.4, 0.5) is 0 Å². The molecule has 1 N–H and O–H groups in total. The van der Waals surface area contributed by atoms with Crippen molar-refractivity contribution in [2.75, 3.05) is 0 Å². The highest BCUT2D eigenvalue weighted by atomic mass is 14.6. The van der Waals surface area contributed by atoms with Crippen molar-refractivity contribution in [3.05, 3.63) is 179 Å². The number of fused-ring (bicyclic) bond motifs is 2. The van der Waals surface area contributed by atoms with Crippen molar-refractivity contribution in [1.82, 2.24) is 4.98 Å². The van der Waals surface area contributed by atoms with Gasteiger partial charge in [-0.3, -0.25) is 0 Å². The summed E-state index contributed by atoms with van der Waals surface area (Å²) in [6, 6.07) is 20.4. The highest BCUT2D eigenvalue weighted by Crippen LogP contribution is 2.37. The van der Waals surface area contributed by atoms with E-state index in [0.717, 1.165) is 25.7 Å². The summed E-state index contributed by atoms with van der Waals surface area (Å²) in [5.41, 5.74) is 10.8. The molecule has 1 nitrogen and oxygen atoms in total. The number of hydrogen-bond acceptors (Lipinski definition) is 0. The van der Waals surface area contributed by atoms with Crippen molar-refractivity contribution in [2.45, 2.75) is 25.7 Å². The molecule has 0 spiro atoms. The summed E-state index contributed by atoms with van der Waals surface area (Å²) in [5.74, 6) is 0.804. The fourth-order valence-corrected chi connectivity index (χ4v) is 6.67. The van der Waals surface area contributed by atoms with Gasteiger partial charge in [0.25, 0.3) is 0 Å². The van der Waals surface area contributed by atoms with E-state index in [4.69, 9.17) is 0 Å². The minimum Gasteiger partial charge on any atom is -0.367 e. The van der Waals surface area contributed by atoms with Crippen LogP contribution in [0.15, 0.2) is 152 Å². The fraction of sp³-hybridized carbons (Fsp3) is 0.150. The maximum atomic E-state index is 3.21. The molecule has 0 fully saturated rings. The first-order valence-electron chi connectivity index (χ1n) is 14.9. The van der Waals surface area contributed by atoms with Crippen LogP contribution in [-0.4, -0.2) is 4.98 Å². The molecular formula is C40H35N. The van der Waals surface area contributed by atoms with E-state index in [2.05, 4.69) is 145 Å². The number of benzene rings is 2. The first-order valence-corrected chi connectivity index (χ1v) is 14.9. The van der Waals surface area contributed by atoms with E-state index in [1.165, 1.54) is 55.0 Å². The molecule has 3 aromatic rings. The predicted molar refractivity (Wildman–Crippen MR) is 174 cm³/mol. The lowest BCUT2D eigenvalue weighted by molar-refractivity contribution is 0.637. The zero-order chi connectivity index (χ0) is 27.4. The van der Waals surface area contributed by atoms with E-state index in [0.29, 0.717) is 11.8 Å². The molecule has 0 saturated carbocycles. The number of hydrogen-bond donors (Lipinski definition) is 1. The molecule has 2 unspecified atom stereocenters. The van der Waals surface area contributed by atoms with Crippen LogP contribution >= 0.6 is 0 Å². The van der Waals surface area contributed by atoms with Crippen LogP contribution in [0, 0.1) is 11.8 Å². The maximum Gasteiger partial charge on any atom is 0.0122 e. The van der Waals surface area contributed by atoms with Crippen molar-refractivity contribution < 1.29 is 0 Å². The second kappa shape index (κ2) is 11.5. The quantitative estimate of drug-likeness (QED) is 0.349. The summed E-state index contributed by atoms with van der Waals surface area (Å²) >= 11 is 0. The number of nitrogens with one attached hydrogen (secondary N) is 1. The molecule has 7 rings (SSSR count). The van der Waals surface area contributed by atoms with E-state index < -0.39 is 0 Å². The van der Waals surface area contributed by atoms with E-state index >= 15 is 0 Å². The zero-order valence-corrected chi connectivity index (χ0v) is 23.3. The topological polar surface area (TPSA) is 15.8 Å². The van der Waals surface area contributed by atoms with E-state index in [-0.39, 0.29) is 0 Å². The number of aromatic nitrogens is 1. The van der Waals surface area contributed by atoms with Crippen LogP contribution < -0.4 is 10.4 Å². The third kappa shape index (κ3) is 5.16. The van der Waals surface area contributed by atoms with Gasteiger partial charge in [0.05, 0.1) is 0 Å². The second-order valence-corrected chi connectivity index (χ2v) is 11.2. The molecule has 0 amide bonds. The maximum absolute atomic E-state index is 3.21. The van der Waals surface area contributed by atoms with E-state index in [9.17, 15) is 0 Å². The monoisotopic (exact) mass is 529 g/mol. The molecule has 200 valence electrons. The largest absolute Gasteiger partial charge is 0.367 e. The van der Waals surface area contributed by atoms with Crippen molar-refractivity contribution >= 4 is 22.3 Å². The molecule has 1 heteroatoms. The van der Waals surface area contributed by atoms with Gasteiger partial charge in [0, 0.05) is 24.2 Å². The Morgan fingerprint density at radius 1 is 0.683 bits per heavy atom. The fourth-order valence-electron chi connectivity index (χ4n) is 6.67. The summed E-state index contributed by atoms with van der Waals surface area (Å²) in [7, 11) is 0. The minimum atomic E-state index is 0.381. The van der Waals surface area contributed by atoms with Gasteiger partial charge in [-0.05, 0) is 92.8 Å². The number of rotatable bonds is 4. The van der Waals surface area contributed by atoms with Gasteiger partial charge in [-0.25, -0.2) is 0 Å². The van der Waals surface area contributed by atoms with Crippen molar-refractivity contribution in [2.24, 2.45) is 11.8 Å². The summed E-state index contributed by atoms with van der Waals surface area (Å²) < 4.78 is 0. The molecule has 0 bridgehead atoms. The van der Waals surface area contributed by atoms with Crippen molar-refractivity contribution in [1.29, 1.82) is 0 Å². The van der Waals surface area contributed by atoms with Gasteiger partial charge in [0.15, 0.2) is 0 Å². The Morgan fingerprint density at radius 3 is 2.32 bits per heavy atom. The summed E-state index contributed by atoms with van der Waals surface area (Å²) in [5, 5.41) is 2.69. The molecule has 4 aliphatic rings. The molecule has 41 heavy (non-hydrogen) atoms.